The zero-order valence-corrected chi connectivity index (χ0v) is 16.8. The topological polar surface area (TPSA) is 71.0 Å². The van der Waals surface area contributed by atoms with Crippen LogP contribution in [0.3, 0.4) is 0 Å². The number of anilines is 1. The van der Waals surface area contributed by atoms with Crippen molar-refractivity contribution in [1.29, 1.82) is 0 Å². The van der Waals surface area contributed by atoms with Crippen LogP contribution in [0.1, 0.15) is 32.6 Å². The number of fused-ring (bicyclic) bond motifs is 1. The van der Waals surface area contributed by atoms with Crippen molar-refractivity contribution in [3.05, 3.63) is 48.8 Å². The fraction of sp³-hybridized carbons (Fsp3) is 0.391. The van der Waals surface area contributed by atoms with E-state index in [0.29, 0.717) is 12.4 Å². The Balaban J connectivity index is 1.64. The summed E-state index contributed by atoms with van der Waals surface area (Å²) in [4.78, 5) is 28.7. The van der Waals surface area contributed by atoms with Crippen LogP contribution in [0.15, 0.2) is 48.8 Å². The van der Waals surface area contributed by atoms with Gasteiger partial charge in [-0.25, -0.2) is 9.97 Å². The van der Waals surface area contributed by atoms with Crippen LogP contribution in [0, 0.1) is 5.92 Å². The molecule has 1 N–H and O–H groups in total. The predicted octanol–water partition coefficient (Wildman–Crippen LogP) is 3.82. The van der Waals surface area contributed by atoms with E-state index < -0.39 is 0 Å². The van der Waals surface area contributed by atoms with E-state index in [2.05, 4.69) is 28.2 Å². The lowest BCUT2D eigenvalue weighted by atomic mass is 9.96. The molecule has 1 saturated heterocycles. The normalized spacial score (nSPS) is 16.7. The number of carbonyl (C=O) groups is 1. The highest BCUT2D eigenvalue weighted by Crippen LogP contribution is 2.30. The first-order chi connectivity index (χ1) is 14.3. The molecule has 2 aromatic heterocycles. The first-order valence-corrected chi connectivity index (χ1v) is 10.5. The number of nitrogens with one attached hydrogen (secondary N) is 1. The third kappa shape index (κ3) is 4.36. The number of carbonyl (C=O) groups excluding carboxylic acids is 1. The van der Waals surface area contributed by atoms with Crippen molar-refractivity contribution < 1.29 is 4.79 Å². The van der Waals surface area contributed by atoms with Crippen molar-refractivity contribution >= 4 is 22.6 Å². The van der Waals surface area contributed by atoms with Gasteiger partial charge in [-0.05, 0) is 43.5 Å². The smallest absolute Gasteiger partial charge is 0.224 e. The minimum Gasteiger partial charge on any atom is -0.356 e. The first-order valence-electron chi connectivity index (χ1n) is 10.5. The third-order valence-corrected chi connectivity index (χ3v) is 5.42. The van der Waals surface area contributed by atoms with Gasteiger partial charge in [-0.2, -0.15) is 0 Å². The Hall–Kier alpha value is -3.02. The first kappa shape index (κ1) is 19.3. The summed E-state index contributed by atoms with van der Waals surface area (Å²) in [6.07, 6.45) is 7.54. The Bertz CT molecular complexity index is 975. The highest BCUT2D eigenvalue weighted by Gasteiger charge is 2.27. The largest absolute Gasteiger partial charge is 0.356 e. The van der Waals surface area contributed by atoms with Gasteiger partial charge in [-0.3, -0.25) is 9.78 Å². The molecule has 0 aliphatic carbocycles. The number of piperidine rings is 1. The Morgan fingerprint density at radius 3 is 2.93 bits per heavy atom. The summed E-state index contributed by atoms with van der Waals surface area (Å²) in [5.74, 6) is 1.73. The van der Waals surface area contributed by atoms with Crippen LogP contribution >= 0.6 is 0 Å². The van der Waals surface area contributed by atoms with Crippen LogP contribution in [-0.2, 0) is 4.79 Å². The molecule has 4 rings (SSSR count). The summed E-state index contributed by atoms with van der Waals surface area (Å²) in [5, 5.41) is 4.11. The number of hydrogen-bond donors (Lipinski definition) is 1. The molecule has 0 saturated carbocycles. The van der Waals surface area contributed by atoms with Gasteiger partial charge < -0.3 is 10.2 Å². The van der Waals surface area contributed by atoms with Crippen LogP contribution in [0.4, 0.5) is 5.82 Å². The second-order valence-electron chi connectivity index (χ2n) is 7.56. The van der Waals surface area contributed by atoms with E-state index in [1.54, 1.807) is 12.4 Å². The number of nitrogens with zero attached hydrogens (tertiary/aromatic N) is 4. The van der Waals surface area contributed by atoms with Crippen LogP contribution in [-0.4, -0.2) is 40.5 Å². The van der Waals surface area contributed by atoms with Crippen molar-refractivity contribution in [2.45, 2.75) is 32.6 Å². The van der Waals surface area contributed by atoms with Crippen LogP contribution in [0.5, 0.6) is 0 Å². The Morgan fingerprint density at radius 2 is 2.10 bits per heavy atom. The van der Waals surface area contributed by atoms with Gasteiger partial charge in [0.15, 0.2) is 5.82 Å². The van der Waals surface area contributed by atoms with Gasteiger partial charge in [0, 0.05) is 43.0 Å². The maximum Gasteiger partial charge on any atom is 0.224 e. The summed E-state index contributed by atoms with van der Waals surface area (Å²) in [5.41, 5.74) is 1.80. The molecule has 1 atom stereocenters. The molecule has 1 amide bonds. The average molecular weight is 390 g/mol. The molecule has 0 bridgehead atoms. The van der Waals surface area contributed by atoms with E-state index in [4.69, 9.17) is 9.97 Å². The molecule has 29 heavy (non-hydrogen) atoms. The Morgan fingerprint density at radius 1 is 1.21 bits per heavy atom. The number of pyridine rings is 1. The molecule has 6 nitrogen and oxygen atoms in total. The molecular formula is C23H27N5O. The van der Waals surface area contributed by atoms with Crippen molar-refractivity contribution in [1.82, 2.24) is 20.3 Å². The number of unbranched alkanes of at least 4 members (excludes halogenated alkanes) is 1. The molecule has 3 heterocycles. The minimum absolute atomic E-state index is 0.00354. The lowest BCUT2D eigenvalue weighted by molar-refractivity contribution is -0.125. The summed E-state index contributed by atoms with van der Waals surface area (Å²) in [6, 6.07) is 11.9. The number of aromatic nitrogens is 3. The van der Waals surface area contributed by atoms with E-state index in [-0.39, 0.29) is 11.8 Å². The molecule has 1 fully saturated rings. The summed E-state index contributed by atoms with van der Waals surface area (Å²) in [6.45, 7) is 4.47. The molecule has 1 unspecified atom stereocenters. The van der Waals surface area contributed by atoms with Gasteiger partial charge in [-0.15, -0.1) is 0 Å². The van der Waals surface area contributed by atoms with E-state index in [9.17, 15) is 4.79 Å². The van der Waals surface area contributed by atoms with Crippen molar-refractivity contribution in [3.63, 3.8) is 0 Å². The average Bonchev–Trinajstić information content (AvgIpc) is 2.79. The maximum atomic E-state index is 12.6. The van der Waals surface area contributed by atoms with E-state index in [1.807, 2.05) is 30.3 Å². The standard InChI is InChI=1S/C23H27N5O/c1-2-3-13-25-23(29)18-9-7-14-28(16-18)22-19-10-4-5-11-20(19)26-21(27-22)17-8-6-12-24-15-17/h4-6,8,10-12,15,18H,2-3,7,9,13-14,16H2,1H3,(H,25,29). The van der Waals surface area contributed by atoms with Crippen LogP contribution in [0.25, 0.3) is 22.3 Å². The number of amides is 1. The van der Waals surface area contributed by atoms with Gasteiger partial charge in [-0.1, -0.05) is 25.5 Å². The summed E-state index contributed by atoms with van der Waals surface area (Å²) < 4.78 is 0. The lowest BCUT2D eigenvalue weighted by Gasteiger charge is -2.33. The molecule has 0 radical (unpaired) electrons. The fourth-order valence-corrected chi connectivity index (χ4v) is 3.84. The Kier molecular flexibility index (Phi) is 5.98. The quantitative estimate of drug-likeness (QED) is 0.649. The highest BCUT2D eigenvalue weighted by molar-refractivity contribution is 5.91. The SMILES string of the molecule is CCCCNC(=O)C1CCCN(c2nc(-c3cccnc3)nc3ccccc23)C1. The van der Waals surface area contributed by atoms with Gasteiger partial charge in [0.2, 0.25) is 5.91 Å². The van der Waals surface area contributed by atoms with E-state index >= 15 is 0 Å². The molecule has 6 heteroatoms. The molecule has 0 spiro atoms. The van der Waals surface area contributed by atoms with Gasteiger partial charge in [0.05, 0.1) is 11.4 Å². The monoisotopic (exact) mass is 389 g/mol. The second kappa shape index (κ2) is 8.99. The number of para-hydroxylation sites is 1. The van der Waals surface area contributed by atoms with Crippen LogP contribution < -0.4 is 10.2 Å². The molecule has 3 aromatic rings. The van der Waals surface area contributed by atoms with Gasteiger partial charge in [0.25, 0.3) is 0 Å². The van der Waals surface area contributed by atoms with Gasteiger partial charge >= 0.3 is 0 Å². The fourth-order valence-electron chi connectivity index (χ4n) is 3.84. The van der Waals surface area contributed by atoms with Crippen LogP contribution in [0.2, 0.25) is 0 Å². The molecular weight excluding hydrogens is 362 g/mol. The number of rotatable bonds is 6. The maximum absolute atomic E-state index is 12.6. The molecule has 1 aromatic carbocycles. The highest BCUT2D eigenvalue weighted by atomic mass is 16.1. The van der Waals surface area contributed by atoms with Crippen molar-refractivity contribution in [2.24, 2.45) is 5.92 Å². The predicted molar refractivity (Wildman–Crippen MR) is 116 cm³/mol. The minimum atomic E-state index is -0.00354. The Labute approximate surface area is 171 Å². The van der Waals surface area contributed by atoms with Crippen molar-refractivity contribution in [2.75, 3.05) is 24.5 Å². The summed E-state index contributed by atoms with van der Waals surface area (Å²) in [7, 11) is 0. The second-order valence-corrected chi connectivity index (χ2v) is 7.56. The summed E-state index contributed by atoms with van der Waals surface area (Å²) >= 11 is 0. The van der Waals surface area contributed by atoms with Crippen molar-refractivity contribution in [3.8, 4) is 11.4 Å². The lowest BCUT2D eigenvalue weighted by Crippen LogP contribution is -2.43. The van der Waals surface area contributed by atoms with E-state index in [1.165, 1.54) is 0 Å². The third-order valence-electron chi connectivity index (χ3n) is 5.42. The zero-order chi connectivity index (χ0) is 20.1. The molecule has 150 valence electrons. The zero-order valence-electron chi connectivity index (χ0n) is 16.8. The number of benzene rings is 1. The molecule has 1 aliphatic heterocycles. The van der Waals surface area contributed by atoms with Gasteiger partial charge in [0.1, 0.15) is 5.82 Å². The molecule has 1 aliphatic rings. The number of hydrogen-bond acceptors (Lipinski definition) is 5. The van der Waals surface area contributed by atoms with E-state index in [0.717, 1.165) is 61.1 Å².